The molecule has 2 aliphatic carbocycles. The van der Waals surface area contributed by atoms with E-state index in [0.29, 0.717) is 17.9 Å². The molecule has 0 bridgehead atoms. The minimum Gasteiger partial charge on any atom is -0.496 e. The molecule has 2 fully saturated rings. The monoisotopic (exact) mass is 745 g/mol. The molecule has 2 atom stereocenters. The summed E-state index contributed by atoms with van der Waals surface area (Å²) < 4.78 is 29.7. The van der Waals surface area contributed by atoms with Crippen molar-refractivity contribution in [3.8, 4) is 11.5 Å². The molecule has 0 aliphatic heterocycles. The van der Waals surface area contributed by atoms with E-state index in [4.69, 9.17) is 9.47 Å². The summed E-state index contributed by atoms with van der Waals surface area (Å²) in [6.45, 7) is 20.5. The molecule has 0 aromatic heterocycles. The van der Waals surface area contributed by atoms with Crippen LogP contribution in [-0.2, 0) is 28.4 Å². The average molecular weight is 746 g/mol. The van der Waals surface area contributed by atoms with Crippen LogP contribution in [0.25, 0.3) is 0 Å². The normalized spacial score (nSPS) is 18.1. The van der Waals surface area contributed by atoms with Crippen molar-refractivity contribution in [3.63, 3.8) is 0 Å². The zero-order valence-corrected chi connectivity index (χ0v) is 36.0. The Balaban J connectivity index is 1.84. The molecule has 2 saturated carbocycles. The lowest BCUT2D eigenvalue weighted by Crippen LogP contribution is -2.40. The van der Waals surface area contributed by atoms with Gasteiger partial charge in [-0.2, -0.15) is 0 Å². The second-order valence-corrected chi connectivity index (χ2v) is 23.4. The molecule has 286 valence electrons. The Morgan fingerprint density at radius 3 is 1.73 bits per heavy atom. The van der Waals surface area contributed by atoms with Gasteiger partial charge < -0.3 is 9.47 Å². The van der Waals surface area contributed by atoms with Crippen molar-refractivity contribution in [1.29, 1.82) is 0 Å². The SMILES string of the molecule is COc1c(C(C)(C)C)cc(C(c2cccc(OCc3ccccc3)c2P(C2CCCCC2)C2CCCCC2)N(C)[S@](=O)C(C)(C)C)cc1C(C)(C)C. The Labute approximate surface area is 321 Å². The van der Waals surface area contributed by atoms with E-state index in [1.165, 1.54) is 97.3 Å². The molecule has 1 unspecified atom stereocenters. The van der Waals surface area contributed by atoms with Gasteiger partial charge in [-0.15, -0.1) is 0 Å². The molecule has 0 spiro atoms. The lowest BCUT2D eigenvalue weighted by Gasteiger charge is -2.42. The molecule has 0 radical (unpaired) electrons. The van der Waals surface area contributed by atoms with E-state index >= 15 is 0 Å². The maximum atomic E-state index is 14.7. The quantitative estimate of drug-likeness (QED) is 0.183. The van der Waals surface area contributed by atoms with Crippen molar-refractivity contribution in [2.75, 3.05) is 14.2 Å². The third-order valence-corrected chi connectivity index (χ3v) is 16.5. The molecule has 5 rings (SSSR count). The van der Waals surface area contributed by atoms with Gasteiger partial charge in [0.15, 0.2) is 0 Å². The summed E-state index contributed by atoms with van der Waals surface area (Å²) in [4.78, 5) is 0. The molecule has 2 aliphatic rings. The van der Waals surface area contributed by atoms with Crippen LogP contribution in [0, 0.1) is 0 Å². The third kappa shape index (κ3) is 9.53. The average Bonchev–Trinajstić information content (AvgIpc) is 3.11. The van der Waals surface area contributed by atoms with Crippen molar-refractivity contribution in [1.82, 2.24) is 4.31 Å². The van der Waals surface area contributed by atoms with E-state index in [1.54, 1.807) is 0 Å². The second-order valence-electron chi connectivity index (χ2n) is 18.4. The summed E-state index contributed by atoms with van der Waals surface area (Å²) in [6.07, 6.45) is 13.2. The number of rotatable bonds is 11. The molecule has 52 heavy (non-hydrogen) atoms. The van der Waals surface area contributed by atoms with Crippen LogP contribution in [0.3, 0.4) is 0 Å². The Morgan fingerprint density at radius 1 is 0.750 bits per heavy atom. The van der Waals surface area contributed by atoms with Gasteiger partial charge in [-0.3, -0.25) is 0 Å². The Morgan fingerprint density at radius 2 is 1.27 bits per heavy atom. The van der Waals surface area contributed by atoms with E-state index in [0.717, 1.165) is 11.5 Å². The summed E-state index contributed by atoms with van der Waals surface area (Å²) in [6, 6.07) is 21.9. The first-order valence-corrected chi connectivity index (χ1v) is 22.6. The highest BCUT2D eigenvalue weighted by molar-refractivity contribution is 7.84. The lowest BCUT2D eigenvalue weighted by atomic mass is 9.77. The zero-order chi connectivity index (χ0) is 37.8. The highest BCUT2D eigenvalue weighted by atomic mass is 32.2. The maximum Gasteiger partial charge on any atom is 0.127 e. The molecular weight excluding hydrogens is 678 g/mol. The van der Waals surface area contributed by atoms with Crippen LogP contribution in [0.4, 0.5) is 0 Å². The Kier molecular flexibility index (Phi) is 13.5. The standard InChI is InChI=1S/C46H68NO3PS/c1-44(2,3)38-30-34(31-39(42(38)49-11)45(4,5)6)41(47(10)52(48)46(7,8)9)37-28-21-29-40(50-32-33-22-15-12-16-23-33)43(37)51(35-24-17-13-18-25-35)36-26-19-14-20-27-36/h12,15-16,21-23,28-31,35-36,41H,13-14,17-20,24-27,32H2,1-11H3/t41?,52-/m1/s1. The molecule has 0 amide bonds. The molecule has 0 saturated heterocycles. The van der Waals surface area contributed by atoms with Crippen LogP contribution in [0.5, 0.6) is 11.5 Å². The molecule has 0 heterocycles. The highest BCUT2D eigenvalue weighted by Crippen LogP contribution is 2.58. The van der Waals surface area contributed by atoms with E-state index in [-0.39, 0.29) is 16.9 Å². The van der Waals surface area contributed by atoms with Crippen LogP contribution in [-0.4, -0.2) is 38.7 Å². The van der Waals surface area contributed by atoms with Crippen LogP contribution in [0.15, 0.2) is 60.7 Å². The second kappa shape index (κ2) is 17.1. The topological polar surface area (TPSA) is 38.8 Å². The maximum absolute atomic E-state index is 14.7. The van der Waals surface area contributed by atoms with Crippen molar-refractivity contribution < 1.29 is 13.7 Å². The predicted molar refractivity (Wildman–Crippen MR) is 225 cm³/mol. The number of nitrogens with zero attached hydrogens (tertiary/aromatic N) is 1. The van der Waals surface area contributed by atoms with E-state index in [9.17, 15) is 4.21 Å². The number of ether oxygens (including phenoxy) is 2. The summed E-state index contributed by atoms with van der Waals surface area (Å²) in [5.74, 6) is 2.00. The van der Waals surface area contributed by atoms with Gasteiger partial charge in [-0.25, -0.2) is 8.51 Å². The Hall–Kier alpha value is -2.20. The first-order chi connectivity index (χ1) is 24.5. The van der Waals surface area contributed by atoms with Gasteiger partial charge in [-0.1, -0.05) is 130 Å². The van der Waals surface area contributed by atoms with Crippen molar-refractivity contribution in [2.24, 2.45) is 0 Å². The van der Waals surface area contributed by atoms with Gasteiger partial charge in [0.05, 0.1) is 17.9 Å². The Bertz CT molecular complexity index is 1590. The molecular formula is C46H68NO3PS. The minimum atomic E-state index is -1.28. The molecule has 3 aromatic carbocycles. The molecule has 3 aromatic rings. The highest BCUT2D eigenvalue weighted by Gasteiger charge is 2.40. The summed E-state index contributed by atoms with van der Waals surface area (Å²) >= 11 is 0. The minimum absolute atomic E-state index is 0.159. The van der Waals surface area contributed by atoms with Crippen LogP contribution in [0.2, 0.25) is 0 Å². The fourth-order valence-corrected chi connectivity index (χ4v) is 13.9. The van der Waals surface area contributed by atoms with Crippen LogP contribution in [0.1, 0.15) is 160 Å². The molecule has 4 nitrogen and oxygen atoms in total. The van der Waals surface area contributed by atoms with Gasteiger partial charge in [0.2, 0.25) is 0 Å². The van der Waals surface area contributed by atoms with Gasteiger partial charge >= 0.3 is 0 Å². The van der Waals surface area contributed by atoms with Gasteiger partial charge in [0.1, 0.15) is 29.1 Å². The summed E-state index contributed by atoms with van der Waals surface area (Å²) in [7, 11) is 2.07. The van der Waals surface area contributed by atoms with Crippen molar-refractivity contribution in [3.05, 3.63) is 88.5 Å². The predicted octanol–water partition coefficient (Wildman–Crippen LogP) is 12.1. The van der Waals surface area contributed by atoms with E-state index < -0.39 is 23.7 Å². The van der Waals surface area contributed by atoms with E-state index in [2.05, 4.69) is 134 Å². The van der Waals surface area contributed by atoms with Gasteiger partial charge in [0, 0.05) is 23.5 Å². The summed E-state index contributed by atoms with van der Waals surface area (Å²) in [5, 5.41) is 1.43. The van der Waals surface area contributed by atoms with Crippen LogP contribution >= 0.6 is 7.92 Å². The van der Waals surface area contributed by atoms with E-state index in [1.807, 2.05) is 7.11 Å². The number of benzene rings is 3. The van der Waals surface area contributed by atoms with Crippen molar-refractivity contribution in [2.45, 2.75) is 166 Å². The van der Waals surface area contributed by atoms with Crippen molar-refractivity contribution >= 4 is 24.2 Å². The van der Waals surface area contributed by atoms with Gasteiger partial charge in [0.25, 0.3) is 0 Å². The first kappa shape index (κ1) is 41.0. The number of hydrogen-bond acceptors (Lipinski definition) is 3. The molecule has 0 N–H and O–H groups in total. The fourth-order valence-electron chi connectivity index (χ4n) is 8.53. The summed E-state index contributed by atoms with van der Waals surface area (Å²) in [5.41, 5.74) is 7.06. The largest absolute Gasteiger partial charge is 0.496 e. The van der Waals surface area contributed by atoms with Gasteiger partial charge in [-0.05, 0) is 103 Å². The molecule has 6 heteroatoms. The third-order valence-electron chi connectivity index (χ3n) is 11.2. The number of methoxy groups -OCH3 is 1. The first-order valence-electron chi connectivity index (χ1n) is 20.0. The zero-order valence-electron chi connectivity index (χ0n) is 34.3. The van der Waals surface area contributed by atoms with Crippen LogP contribution < -0.4 is 14.8 Å². The fraction of sp³-hybridized carbons (Fsp3) is 0.609. The number of hydrogen-bond donors (Lipinski definition) is 0. The smallest absolute Gasteiger partial charge is 0.127 e. The lowest BCUT2D eigenvalue weighted by molar-refractivity contribution is 0.308.